The zero-order chi connectivity index (χ0) is 14.8. The van der Waals surface area contributed by atoms with E-state index in [-0.39, 0.29) is 6.54 Å². The van der Waals surface area contributed by atoms with Crippen LogP contribution in [0.1, 0.15) is 11.3 Å². The van der Waals surface area contributed by atoms with Crippen LogP contribution in [0.5, 0.6) is 5.75 Å². The molecule has 108 valence electrons. The maximum Gasteiger partial charge on any atom is 0.154 e. The van der Waals surface area contributed by atoms with Gasteiger partial charge in [-0.2, -0.15) is 0 Å². The van der Waals surface area contributed by atoms with Gasteiger partial charge in [0, 0.05) is 6.54 Å². The number of aromatic nitrogens is 3. The van der Waals surface area contributed by atoms with E-state index < -0.39 is 0 Å². The summed E-state index contributed by atoms with van der Waals surface area (Å²) in [6.07, 6.45) is 1.61. The molecule has 0 fully saturated rings. The lowest BCUT2D eigenvalue weighted by atomic mass is 10.2. The van der Waals surface area contributed by atoms with Crippen molar-refractivity contribution in [2.24, 2.45) is 5.73 Å². The Balaban J connectivity index is 2.24. The number of aryl methyl sites for hydroxylation is 1. The first-order valence-electron chi connectivity index (χ1n) is 6.58. The van der Waals surface area contributed by atoms with Gasteiger partial charge < -0.3 is 14.9 Å². The van der Waals surface area contributed by atoms with Gasteiger partial charge in [-0.1, -0.05) is 11.3 Å². The second-order valence-electron chi connectivity index (χ2n) is 4.65. The Hall–Kier alpha value is -2.60. The Kier molecular flexibility index (Phi) is 3.45. The summed E-state index contributed by atoms with van der Waals surface area (Å²) >= 11 is 0. The van der Waals surface area contributed by atoms with Crippen molar-refractivity contribution in [3.05, 3.63) is 47.9 Å². The summed E-state index contributed by atoms with van der Waals surface area (Å²) in [7, 11) is 1.63. The van der Waals surface area contributed by atoms with Gasteiger partial charge in [-0.3, -0.25) is 0 Å². The Morgan fingerprint density at radius 3 is 2.86 bits per heavy atom. The topological polar surface area (TPSA) is 79.1 Å². The van der Waals surface area contributed by atoms with Crippen LogP contribution in [0.4, 0.5) is 0 Å². The molecule has 3 rings (SSSR count). The molecule has 0 radical (unpaired) electrons. The molecule has 21 heavy (non-hydrogen) atoms. The van der Waals surface area contributed by atoms with Crippen molar-refractivity contribution in [2.45, 2.75) is 13.5 Å². The number of furan rings is 1. The zero-order valence-corrected chi connectivity index (χ0v) is 11.9. The molecule has 6 nitrogen and oxygen atoms in total. The molecule has 0 unspecified atom stereocenters. The largest absolute Gasteiger partial charge is 0.494 e. The van der Waals surface area contributed by atoms with Gasteiger partial charge in [0.25, 0.3) is 0 Å². The number of rotatable bonds is 4. The van der Waals surface area contributed by atoms with E-state index in [0.29, 0.717) is 17.2 Å². The van der Waals surface area contributed by atoms with Crippen LogP contribution in [0.3, 0.4) is 0 Å². The molecule has 0 saturated heterocycles. The summed E-state index contributed by atoms with van der Waals surface area (Å²) in [6.45, 7) is 2.29. The van der Waals surface area contributed by atoms with Gasteiger partial charge in [0.05, 0.1) is 13.4 Å². The average molecular weight is 284 g/mol. The fourth-order valence-electron chi connectivity index (χ4n) is 2.24. The van der Waals surface area contributed by atoms with Crippen molar-refractivity contribution >= 4 is 0 Å². The second kappa shape index (κ2) is 5.41. The highest BCUT2D eigenvalue weighted by molar-refractivity contribution is 5.61. The molecule has 0 saturated carbocycles. The minimum Gasteiger partial charge on any atom is -0.494 e. The third kappa shape index (κ3) is 2.30. The third-order valence-corrected chi connectivity index (χ3v) is 3.25. The van der Waals surface area contributed by atoms with Crippen LogP contribution >= 0.6 is 0 Å². The summed E-state index contributed by atoms with van der Waals surface area (Å²) in [4.78, 5) is 0. The molecule has 6 heteroatoms. The fourth-order valence-corrected chi connectivity index (χ4v) is 2.24. The molecular formula is C15H16N4O2. The molecule has 0 aliphatic heterocycles. The second-order valence-corrected chi connectivity index (χ2v) is 4.65. The van der Waals surface area contributed by atoms with Gasteiger partial charge in [0.15, 0.2) is 5.76 Å². The Morgan fingerprint density at radius 1 is 1.33 bits per heavy atom. The number of ether oxygens (including phenoxy) is 1. The standard InChI is InChI=1S/C15H16N4O2/c1-10-5-6-13(20-2)12(8-10)19-15(11(9-16)17-18-19)14-4-3-7-21-14/h3-8H,9,16H2,1-2H3. The number of nitrogens with zero attached hydrogens (tertiary/aromatic N) is 3. The van der Waals surface area contributed by atoms with Crippen molar-refractivity contribution in [1.29, 1.82) is 0 Å². The molecule has 2 aromatic heterocycles. The molecule has 0 bridgehead atoms. The van der Waals surface area contributed by atoms with Crippen LogP contribution in [0.15, 0.2) is 41.0 Å². The molecule has 0 aliphatic rings. The van der Waals surface area contributed by atoms with Crippen molar-refractivity contribution in [2.75, 3.05) is 7.11 Å². The van der Waals surface area contributed by atoms with Crippen molar-refractivity contribution in [3.8, 4) is 22.9 Å². The molecule has 2 heterocycles. The molecule has 0 aliphatic carbocycles. The summed E-state index contributed by atoms with van der Waals surface area (Å²) in [5.74, 6) is 1.38. The van der Waals surface area contributed by atoms with Crippen LogP contribution in [-0.2, 0) is 6.54 Å². The smallest absolute Gasteiger partial charge is 0.154 e. The molecule has 0 amide bonds. The van der Waals surface area contributed by atoms with E-state index in [1.165, 1.54) is 0 Å². The Labute approximate surface area is 122 Å². The molecule has 1 aromatic carbocycles. The van der Waals surface area contributed by atoms with E-state index in [1.807, 2.05) is 37.3 Å². The molecule has 2 N–H and O–H groups in total. The van der Waals surface area contributed by atoms with E-state index in [2.05, 4.69) is 10.3 Å². The van der Waals surface area contributed by atoms with Crippen LogP contribution in [0.25, 0.3) is 17.1 Å². The minimum absolute atomic E-state index is 0.282. The first-order valence-corrected chi connectivity index (χ1v) is 6.58. The predicted molar refractivity (Wildman–Crippen MR) is 78.2 cm³/mol. The van der Waals surface area contributed by atoms with Crippen LogP contribution in [-0.4, -0.2) is 22.1 Å². The van der Waals surface area contributed by atoms with Crippen LogP contribution in [0, 0.1) is 6.92 Å². The first kappa shape index (κ1) is 13.4. The van der Waals surface area contributed by atoms with Crippen LogP contribution in [0.2, 0.25) is 0 Å². The minimum atomic E-state index is 0.282. The number of hydrogen-bond donors (Lipinski definition) is 1. The maximum absolute atomic E-state index is 5.76. The lowest BCUT2D eigenvalue weighted by Gasteiger charge is -2.11. The van der Waals surface area contributed by atoms with Crippen molar-refractivity contribution in [1.82, 2.24) is 15.0 Å². The van der Waals surface area contributed by atoms with E-state index >= 15 is 0 Å². The average Bonchev–Trinajstić information content (AvgIpc) is 3.15. The number of nitrogens with two attached hydrogens (primary N) is 1. The van der Waals surface area contributed by atoms with Crippen molar-refractivity contribution in [3.63, 3.8) is 0 Å². The van der Waals surface area contributed by atoms with E-state index in [1.54, 1.807) is 18.1 Å². The van der Waals surface area contributed by atoms with Gasteiger partial charge in [-0.05, 0) is 36.8 Å². The number of methoxy groups -OCH3 is 1. The maximum atomic E-state index is 5.76. The molecular weight excluding hydrogens is 268 g/mol. The molecule has 0 atom stereocenters. The third-order valence-electron chi connectivity index (χ3n) is 3.25. The summed E-state index contributed by atoms with van der Waals surface area (Å²) in [6, 6.07) is 9.55. The van der Waals surface area contributed by atoms with Gasteiger partial charge in [-0.25, -0.2) is 4.68 Å². The van der Waals surface area contributed by atoms with Gasteiger partial charge >= 0.3 is 0 Å². The first-order chi connectivity index (χ1) is 10.2. The van der Waals surface area contributed by atoms with E-state index in [0.717, 1.165) is 16.9 Å². The zero-order valence-electron chi connectivity index (χ0n) is 11.9. The highest BCUT2D eigenvalue weighted by Gasteiger charge is 2.19. The highest BCUT2D eigenvalue weighted by atomic mass is 16.5. The van der Waals surface area contributed by atoms with Gasteiger partial charge in [0.1, 0.15) is 22.8 Å². The quantitative estimate of drug-likeness (QED) is 0.795. The lowest BCUT2D eigenvalue weighted by molar-refractivity contribution is 0.411. The SMILES string of the molecule is COc1ccc(C)cc1-n1nnc(CN)c1-c1ccco1. The van der Waals surface area contributed by atoms with Crippen LogP contribution < -0.4 is 10.5 Å². The molecule has 3 aromatic rings. The van der Waals surface area contributed by atoms with Gasteiger partial charge in [-0.15, -0.1) is 5.10 Å². The van der Waals surface area contributed by atoms with Gasteiger partial charge in [0.2, 0.25) is 0 Å². The molecule has 0 spiro atoms. The highest BCUT2D eigenvalue weighted by Crippen LogP contribution is 2.30. The fraction of sp³-hybridized carbons (Fsp3) is 0.200. The van der Waals surface area contributed by atoms with E-state index in [4.69, 9.17) is 14.9 Å². The van der Waals surface area contributed by atoms with E-state index in [9.17, 15) is 0 Å². The predicted octanol–water partition coefficient (Wildman–Crippen LogP) is 2.30. The summed E-state index contributed by atoms with van der Waals surface area (Å²) in [5, 5.41) is 8.35. The number of benzene rings is 1. The summed E-state index contributed by atoms with van der Waals surface area (Å²) in [5.41, 5.74) is 9.08. The lowest BCUT2D eigenvalue weighted by Crippen LogP contribution is -2.04. The Morgan fingerprint density at radius 2 is 2.19 bits per heavy atom. The Bertz CT molecular complexity index is 747. The summed E-state index contributed by atoms with van der Waals surface area (Å²) < 4.78 is 12.6. The van der Waals surface area contributed by atoms with Crippen molar-refractivity contribution < 1.29 is 9.15 Å². The monoisotopic (exact) mass is 284 g/mol. The normalized spacial score (nSPS) is 10.8. The number of hydrogen-bond acceptors (Lipinski definition) is 5.